The number of benzene rings is 1. The summed E-state index contributed by atoms with van der Waals surface area (Å²) in [4.78, 5) is 42.3. The molecule has 0 bridgehead atoms. The molecule has 168 valence electrons. The fourth-order valence-corrected chi connectivity index (χ4v) is 4.99. The number of aryl methyl sites for hydroxylation is 1. The first-order chi connectivity index (χ1) is 15.4. The van der Waals surface area contributed by atoms with E-state index in [-0.39, 0.29) is 36.2 Å². The summed E-state index contributed by atoms with van der Waals surface area (Å²) in [5, 5.41) is 2.95. The van der Waals surface area contributed by atoms with Crippen molar-refractivity contribution in [2.75, 3.05) is 13.1 Å². The fraction of sp³-hybridized carbons (Fsp3) is 0.435. The highest BCUT2D eigenvalue weighted by molar-refractivity contribution is 5.99. The molecule has 3 saturated heterocycles. The van der Waals surface area contributed by atoms with Crippen LogP contribution in [0.2, 0.25) is 0 Å². The van der Waals surface area contributed by atoms with Gasteiger partial charge < -0.3 is 24.4 Å². The summed E-state index contributed by atoms with van der Waals surface area (Å²) in [5.74, 6) is -0.791. The Morgan fingerprint density at radius 1 is 1.16 bits per heavy atom. The number of nitrogens with zero attached hydrogens (tertiary/aromatic N) is 3. The molecule has 1 aromatic heterocycles. The largest absolute Gasteiger partial charge is 0.372 e. The molecule has 32 heavy (non-hydrogen) atoms. The predicted molar refractivity (Wildman–Crippen MR) is 112 cm³/mol. The molecule has 2 aromatic rings. The number of hydrogen-bond acceptors (Lipinski definition) is 4. The van der Waals surface area contributed by atoms with Crippen LogP contribution in [0, 0.1) is 5.82 Å². The second kappa shape index (κ2) is 8.05. The molecule has 1 N–H and O–H groups in total. The van der Waals surface area contributed by atoms with E-state index >= 15 is 0 Å². The third-order valence-corrected chi connectivity index (χ3v) is 6.66. The monoisotopic (exact) mass is 440 g/mol. The highest BCUT2D eigenvalue weighted by Crippen LogP contribution is 2.33. The predicted octanol–water partition coefficient (Wildman–Crippen LogP) is 1.06. The van der Waals surface area contributed by atoms with Crippen LogP contribution in [-0.2, 0) is 28.0 Å². The molecule has 0 saturated carbocycles. The smallest absolute Gasteiger partial charge is 0.268 e. The van der Waals surface area contributed by atoms with Gasteiger partial charge in [-0.3, -0.25) is 14.4 Å². The van der Waals surface area contributed by atoms with Gasteiger partial charge in [-0.25, -0.2) is 4.39 Å². The number of halogens is 1. The van der Waals surface area contributed by atoms with Crippen molar-refractivity contribution in [2.24, 2.45) is 7.05 Å². The number of amides is 3. The molecule has 0 radical (unpaired) electrons. The average Bonchev–Trinajstić information content (AvgIpc) is 3.50. The van der Waals surface area contributed by atoms with Crippen LogP contribution in [0.1, 0.15) is 28.9 Å². The molecule has 3 amide bonds. The lowest BCUT2D eigenvalue weighted by Crippen LogP contribution is -2.64. The molecule has 3 aliphatic heterocycles. The lowest BCUT2D eigenvalue weighted by atomic mass is 10.0. The Morgan fingerprint density at radius 3 is 2.66 bits per heavy atom. The lowest BCUT2D eigenvalue weighted by molar-refractivity contribution is -0.157. The molecule has 4 heterocycles. The number of ether oxygens (including phenoxy) is 1. The molecule has 4 atom stereocenters. The summed E-state index contributed by atoms with van der Waals surface area (Å²) in [6.07, 6.45) is 2.50. The molecule has 4 unspecified atom stereocenters. The second-order valence-corrected chi connectivity index (χ2v) is 8.65. The first-order valence-corrected chi connectivity index (χ1v) is 10.8. The van der Waals surface area contributed by atoms with E-state index in [1.807, 2.05) is 0 Å². The van der Waals surface area contributed by atoms with Crippen molar-refractivity contribution in [2.45, 2.75) is 43.7 Å². The molecule has 8 nitrogen and oxygen atoms in total. The number of carbonyl (C=O) groups excluding carboxylic acids is 3. The molecule has 5 rings (SSSR count). The maximum absolute atomic E-state index is 13.3. The number of rotatable bonds is 5. The number of nitrogens with one attached hydrogen (secondary N) is 1. The maximum atomic E-state index is 13.3. The first kappa shape index (κ1) is 20.7. The summed E-state index contributed by atoms with van der Waals surface area (Å²) in [7, 11) is 1.78. The van der Waals surface area contributed by atoms with Crippen molar-refractivity contribution in [3.63, 3.8) is 0 Å². The summed E-state index contributed by atoms with van der Waals surface area (Å²) in [6.45, 7) is 1.06. The van der Waals surface area contributed by atoms with Gasteiger partial charge in [-0.2, -0.15) is 0 Å². The van der Waals surface area contributed by atoms with Gasteiger partial charge in [0.1, 0.15) is 23.6 Å². The third kappa shape index (κ3) is 3.56. The van der Waals surface area contributed by atoms with Crippen LogP contribution in [0.25, 0.3) is 0 Å². The van der Waals surface area contributed by atoms with Crippen LogP contribution in [0.15, 0.2) is 42.6 Å². The minimum atomic E-state index is -0.682. The van der Waals surface area contributed by atoms with Gasteiger partial charge in [-0.15, -0.1) is 0 Å². The minimum Gasteiger partial charge on any atom is -0.372 e. The standard InChI is InChI=1S/C23H25FN4O4/c1-26-9-2-3-18(26)21(29)25-17-8-10-27-20(17)23(31)28-12-16(11-19(28)22(27)30)32-13-14-4-6-15(24)7-5-14/h2-7,9,16-17,19-20H,8,10-13H2,1H3,(H,25,29). The van der Waals surface area contributed by atoms with E-state index < -0.39 is 18.1 Å². The van der Waals surface area contributed by atoms with E-state index in [2.05, 4.69) is 5.32 Å². The van der Waals surface area contributed by atoms with Gasteiger partial charge >= 0.3 is 0 Å². The second-order valence-electron chi connectivity index (χ2n) is 8.65. The van der Waals surface area contributed by atoms with Crippen LogP contribution in [0.5, 0.6) is 0 Å². The quantitative estimate of drug-likeness (QED) is 0.754. The fourth-order valence-electron chi connectivity index (χ4n) is 4.99. The van der Waals surface area contributed by atoms with Gasteiger partial charge in [0.25, 0.3) is 5.91 Å². The van der Waals surface area contributed by atoms with Crippen molar-refractivity contribution in [1.29, 1.82) is 0 Å². The van der Waals surface area contributed by atoms with Crippen LogP contribution < -0.4 is 5.32 Å². The van der Waals surface area contributed by atoms with Gasteiger partial charge in [0.2, 0.25) is 11.8 Å². The van der Waals surface area contributed by atoms with Gasteiger partial charge in [0, 0.05) is 32.8 Å². The lowest BCUT2D eigenvalue weighted by Gasteiger charge is -2.40. The molecule has 9 heteroatoms. The Labute approximate surface area is 184 Å². The van der Waals surface area contributed by atoms with E-state index in [4.69, 9.17) is 4.74 Å². The van der Waals surface area contributed by atoms with Crippen LogP contribution in [0.4, 0.5) is 4.39 Å². The Bertz CT molecular complexity index is 1050. The highest BCUT2D eigenvalue weighted by Gasteiger charge is 2.55. The Morgan fingerprint density at radius 2 is 1.94 bits per heavy atom. The Balaban J connectivity index is 1.25. The van der Waals surface area contributed by atoms with Gasteiger partial charge in [0.05, 0.1) is 18.8 Å². The maximum Gasteiger partial charge on any atom is 0.268 e. The number of fused-ring (bicyclic) bond motifs is 2. The van der Waals surface area contributed by atoms with E-state index in [1.165, 1.54) is 12.1 Å². The normalized spacial score (nSPS) is 26.9. The van der Waals surface area contributed by atoms with E-state index in [0.29, 0.717) is 31.6 Å². The van der Waals surface area contributed by atoms with Crippen molar-refractivity contribution < 1.29 is 23.5 Å². The van der Waals surface area contributed by atoms with E-state index in [9.17, 15) is 18.8 Å². The average molecular weight is 440 g/mol. The third-order valence-electron chi connectivity index (χ3n) is 6.66. The molecular formula is C23H25FN4O4. The summed E-state index contributed by atoms with van der Waals surface area (Å²) >= 11 is 0. The molecule has 0 aliphatic carbocycles. The number of piperazine rings is 1. The summed E-state index contributed by atoms with van der Waals surface area (Å²) < 4.78 is 20.7. The molecule has 3 aliphatic rings. The first-order valence-electron chi connectivity index (χ1n) is 10.8. The van der Waals surface area contributed by atoms with Crippen LogP contribution in [-0.4, -0.2) is 69.4 Å². The van der Waals surface area contributed by atoms with Crippen molar-refractivity contribution in [3.05, 3.63) is 59.7 Å². The number of aromatic nitrogens is 1. The molecule has 0 spiro atoms. The minimum absolute atomic E-state index is 0.0851. The van der Waals surface area contributed by atoms with Crippen molar-refractivity contribution in [3.8, 4) is 0 Å². The number of hydrogen-bond donors (Lipinski definition) is 1. The summed E-state index contributed by atoms with van der Waals surface area (Å²) in [5.41, 5.74) is 1.34. The van der Waals surface area contributed by atoms with Crippen molar-refractivity contribution >= 4 is 17.7 Å². The Hall–Kier alpha value is -3.20. The molecule has 3 fully saturated rings. The van der Waals surface area contributed by atoms with Crippen molar-refractivity contribution in [1.82, 2.24) is 19.7 Å². The van der Waals surface area contributed by atoms with Crippen LogP contribution in [0.3, 0.4) is 0 Å². The van der Waals surface area contributed by atoms with Gasteiger partial charge in [0.15, 0.2) is 0 Å². The van der Waals surface area contributed by atoms with Crippen LogP contribution >= 0.6 is 0 Å². The number of carbonyl (C=O) groups is 3. The topological polar surface area (TPSA) is 83.9 Å². The Kier molecular flexibility index (Phi) is 5.21. The highest BCUT2D eigenvalue weighted by atomic mass is 19.1. The summed E-state index contributed by atoms with van der Waals surface area (Å²) in [6, 6.07) is 7.94. The molecular weight excluding hydrogens is 415 g/mol. The SMILES string of the molecule is Cn1cccc1C(=O)NC1CCN2C(=O)C3CC(OCc4ccc(F)cc4)CN3C(=O)C12. The zero-order valence-corrected chi connectivity index (χ0v) is 17.7. The molecule has 1 aromatic carbocycles. The van der Waals surface area contributed by atoms with E-state index in [1.54, 1.807) is 51.9 Å². The zero-order chi connectivity index (χ0) is 22.4. The zero-order valence-electron chi connectivity index (χ0n) is 17.7. The van der Waals surface area contributed by atoms with Gasteiger partial charge in [-0.1, -0.05) is 12.1 Å². The van der Waals surface area contributed by atoms with E-state index in [0.717, 1.165) is 5.56 Å². The van der Waals surface area contributed by atoms with Gasteiger partial charge in [-0.05, 0) is 36.2 Å².